The first-order valence-corrected chi connectivity index (χ1v) is 7.15. The molecule has 4 nitrogen and oxygen atoms in total. The Kier molecular flexibility index (Phi) is 4.23. The summed E-state index contributed by atoms with van der Waals surface area (Å²) < 4.78 is 19.5. The van der Waals surface area contributed by atoms with Gasteiger partial charge in [-0.05, 0) is 24.6 Å². The Hall–Kier alpha value is -1.62. The predicted molar refractivity (Wildman–Crippen MR) is 77.5 cm³/mol. The number of fused-ring (bicyclic) bond motifs is 1. The van der Waals surface area contributed by atoms with Gasteiger partial charge in [-0.2, -0.15) is 0 Å². The van der Waals surface area contributed by atoms with Crippen LogP contribution in [0.4, 0.5) is 4.39 Å². The molecule has 0 radical (unpaired) electrons. The SMILES string of the molecule is CC(O)c1cc(F)c2c(c1)C(NC(=O)C(C)(C)C)CCO2. The summed E-state index contributed by atoms with van der Waals surface area (Å²) in [5.41, 5.74) is 0.556. The summed E-state index contributed by atoms with van der Waals surface area (Å²) in [4.78, 5) is 12.2. The van der Waals surface area contributed by atoms with Gasteiger partial charge in [-0.25, -0.2) is 4.39 Å². The number of carbonyl (C=O) groups excluding carboxylic acids is 1. The normalized spacial score (nSPS) is 19.4. The lowest BCUT2D eigenvalue weighted by molar-refractivity contribution is -0.129. The third kappa shape index (κ3) is 3.35. The van der Waals surface area contributed by atoms with Gasteiger partial charge in [0.05, 0.1) is 18.8 Å². The predicted octanol–water partition coefficient (Wildman–Crippen LogP) is 2.86. The largest absolute Gasteiger partial charge is 0.490 e. The summed E-state index contributed by atoms with van der Waals surface area (Å²) in [6.07, 6.45) is -0.192. The number of hydrogen-bond acceptors (Lipinski definition) is 3. The van der Waals surface area contributed by atoms with Crippen LogP contribution in [0.1, 0.15) is 57.4 Å². The fourth-order valence-electron chi connectivity index (χ4n) is 2.25. The Morgan fingerprint density at radius 2 is 2.14 bits per heavy atom. The van der Waals surface area contributed by atoms with Gasteiger partial charge in [0.2, 0.25) is 5.91 Å². The lowest BCUT2D eigenvalue weighted by Gasteiger charge is -2.30. The topological polar surface area (TPSA) is 58.6 Å². The van der Waals surface area contributed by atoms with Crippen LogP contribution in [0, 0.1) is 11.2 Å². The van der Waals surface area contributed by atoms with Crippen molar-refractivity contribution in [3.8, 4) is 5.75 Å². The second kappa shape index (κ2) is 5.64. The molecule has 1 aliphatic heterocycles. The minimum atomic E-state index is -0.773. The lowest BCUT2D eigenvalue weighted by Crippen LogP contribution is -2.39. The lowest BCUT2D eigenvalue weighted by atomic mass is 9.92. The molecule has 0 aromatic heterocycles. The van der Waals surface area contributed by atoms with E-state index in [-0.39, 0.29) is 17.7 Å². The number of nitrogens with one attached hydrogen (secondary N) is 1. The van der Waals surface area contributed by atoms with Gasteiger partial charge in [0, 0.05) is 17.4 Å². The van der Waals surface area contributed by atoms with Crippen molar-refractivity contribution < 1.29 is 19.0 Å². The van der Waals surface area contributed by atoms with Crippen molar-refractivity contribution in [3.05, 3.63) is 29.1 Å². The molecule has 2 rings (SSSR count). The summed E-state index contributed by atoms with van der Waals surface area (Å²) in [6, 6.07) is 2.68. The molecule has 0 saturated heterocycles. The highest BCUT2D eigenvalue weighted by Crippen LogP contribution is 2.37. The summed E-state index contributed by atoms with van der Waals surface area (Å²) >= 11 is 0. The highest BCUT2D eigenvalue weighted by Gasteiger charge is 2.30. The number of benzene rings is 1. The van der Waals surface area contributed by atoms with Crippen molar-refractivity contribution in [1.29, 1.82) is 0 Å². The van der Waals surface area contributed by atoms with E-state index in [0.717, 1.165) is 0 Å². The third-order valence-corrected chi connectivity index (χ3v) is 3.59. The van der Waals surface area contributed by atoms with E-state index in [0.29, 0.717) is 24.2 Å². The van der Waals surface area contributed by atoms with Crippen LogP contribution < -0.4 is 10.1 Å². The van der Waals surface area contributed by atoms with Gasteiger partial charge in [-0.3, -0.25) is 4.79 Å². The molecule has 1 amide bonds. The maximum absolute atomic E-state index is 14.1. The molecule has 0 aliphatic carbocycles. The van der Waals surface area contributed by atoms with E-state index in [1.165, 1.54) is 6.07 Å². The average molecular weight is 295 g/mol. The molecule has 116 valence electrons. The highest BCUT2D eigenvalue weighted by molar-refractivity contribution is 5.81. The molecule has 2 N–H and O–H groups in total. The van der Waals surface area contributed by atoms with E-state index >= 15 is 0 Å². The zero-order valence-corrected chi connectivity index (χ0v) is 12.9. The minimum Gasteiger partial charge on any atom is -0.490 e. The van der Waals surface area contributed by atoms with Crippen molar-refractivity contribution in [1.82, 2.24) is 5.32 Å². The van der Waals surface area contributed by atoms with Crippen LogP contribution >= 0.6 is 0 Å². The van der Waals surface area contributed by atoms with E-state index in [2.05, 4.69) is 5.32 Å². The van der Waals surface area contributed by atoms with Crippen molar-refractivity contribution in [2.24, 2.45) is 5.41 Å². The third-order valence-electron chi connectivity index (χ3n) is 3.59. The van der Waals surface area contributed by atoms with Crippen LogP contribution in [-0.2, 0) is 4.79 Å². The molecule has 1 aromatic rings. The Balaban J connectivity index is 2.36. The molecule has 0 bridgehead atoms. The summed E-state index contributed by atoms with van der Waals surface area (Å²) in [6.45, 7) is 7.42. The van der Waals surface area contributed by atoms with Gasteiger partial charge < -0.3 is 15.2 Å². The maximum Gasteiger partial charge on any atom is 0.225 e. The van der Waals surface area contributed by atoms with Crippen molar-refractivity contribution >= 4 is 5.91 Å². The fourth-order valence-corrected chi connectivity index (χ4v) is 2.25. The number of hydrogen-bond donors (Lipinski definition) is 2. The molecule has 1 aromatic carbocycles. The molecular formula is C16H22FNO3. The molecule has 0 saturated carbocycles. The molecule has 1 heterocycles. The Morgan fingerprint density at radius 1 is 1.48 bits per heavy atom. The maximum atomic E-state index is 14.1. The molecule has 1 aliphatic rings. The molecule has 5 heteroatoms. The first-order chi connectivity index (χ1) is 9.70. The Morgan fingerprint density at radius 3 is 2.71 bits per heavy atom. The monoisotopic (exact) mass is 295 g/mol. The first-order valence-electron chi connectivity index (χ1n) is 7.15. The van der Waals surface area contributed by atoms with Crippen LogP contribution in [0.5, 0.6) is 5.75 Å². The Bertz CT molecular complexity index is 549. The van der Waals surface area contributed by atoms with Gasteiger partial charge in [0.15, 0.2) is 11.6 Å². The van der Waals surface area contributed by atoms with Crippen molar-refractivity contribution in [2.45, 2.75) is 46.3 Å². The highest BCUT2D eigenvalue weighted by atomic mass is 19.1. The number of carbonyl (C=O) groups is 1. The van der Waals surface area contributed by atoms with Crippen LogP contribution in [0.15, 0.2) is 12.1 Å². The summed E-state index contributed by atoms with van der Waals surface area (Å²) in [7, 11) is 0. The van der Waals surface area contributed by atoms with Gasteiger partial charge in [-0.1, -0.05) is 20.8 Å². The summed E-state index contributed by atoms with van der Waals surface area (Å²) in [5, 5.41) is 12.6. The van der Waals surface area contributed by atoms with E-state index in [9.17, 15) is 14.3 Å². The van der Waals surface area contributed by atoms with Gasteiger partial charge in [-0.15, -0.1) is 0 Å². The number of ether oxygens (including phenoxy) is 1. The molecule has 2 atom stereocenters. The van der Waals surface area contributed by atoms with Crippen molar-refractivity contribution in [3.63, 3.8) is 0 Å². The first kappa shape index (κ1) is 15.8. The number of aliphatic hydroxyl groups is 1. The molecular weight excluding hydrogens is 273 g/mol. The quantitative estimate of drug-likeness (QED) is 0.882. The smallest absolute Gasteiger partial charge is 0.225 e. The number of aliphatic hydroxyl groups excluding tert-OH is 1. The van der Waals surface area contributed by atoms with Crippen molar-refractivity contribution in [2.75, 3.05) is 6.61 Å². The fraction of sp³-hybridized carbons (Fsp3) is 0.562. The van der Waals surface area contributed by atoms with E-state index in [1.54, 1.807) is 13.0 Å². The number of halogens is 1. The standard InChI is InChI=1S/C16H22FNO3/c1-9(19)10-7-11-13(18-15(20)16(2,3)4)5-6-21-14(11)12(17)8-10/h7-9,13,19H,5-6H2,1-4H3,(H,18,20). The molecule has 0 spiro atoms. The van der Waals surface area contributed by atoms with Gasteiger partial charge in [0.1, 0.15) is 0 Å². The molecule has 2 unspecified atom stereocenters. The van der Waals surface area contributed by atoms with E-state index < -0.39 is 17.3 Å². The van der Waals surface area contributed by atoms with E-state index in [1.807, 2.05) is 20.8 Å². The number of rotatable bonds is 2. The van der Waals surface area contributed by atoms with Crippen LogP contribution in [0.3, 0.4) is 0 Å². The van der Waals surface area contributed by atoms with Crippen LogP contribution in [-0.4, -0.2) is 17.6 Å². The molecule has 0 fully saturated rings. The zero-order valence-electron chi connectivity index (χ0n) is 12.9. The van der Waals surface area contributed by atoms with Gasteiger partial charge >= 0.3 is 0 Å². The second-order valence-corrected chi connectivity index (χ2v) is 6.51. The van der Waals surface area contributed by atoms with Crippen LogP contribution in [0.2, 0.25) is 0 Å². The number of amides is 1. The zero-order chi connectivity index (χ0) is 15.8. The van der Waals surface area contributed by atoms with Gasteiger partial charge in [0.25, 0.3) is 0 Å². The summed E-state index contributed by atoms with van der Waals surface area (Å²) in [5.74, 6) is -0.425. The van der Waals surface area contributed by atoms with E-state index in [4.69, 9.17) is 4.74 Å². The van der Waals surface area contributed by atoms with Crippen LogP contribution in [0.25, 0.3) is 0 Å². The minimum absolute atomic E-state index is 0.0943. The Labute approximate surface area is 124 Å². The molecule has 21 heavy (non-hydrogen) atoms. The average Bonchev–Trinajstić information content (AvgIpc) is 2.38. The second-order valence-electron chi connectivity index (χ2n) is 6.51.